The van der Waals surface area contributed by atoms with E-state index < -0.39 is 0 Å². The fourth-order valence-corrected chi connectivity index (χ4v) is 1.42. The Kier molecular flexibility index (Phi) is 3.26. The minimum absolute atomic E-state index is 0.111. The monoisotopic (exact) mass is 225 g/mol. The number of hydrogen-bond donors (Lipinski definition) is 1. The Bertz CT molecular complexity index is 515. The standard InChI is InChI=1S/C12H11N5/c1-9(10-2-4-14-5-3-10)17-12-8-15-11(6-13)7-16-12/h2-5,7-9H,1H3,(H,16,17)/t9-/m1/s1. The Morgan fingerprint density at radius 2 is 2.00 bits per heavy atom. The number of nitrogens with one attached hydrogen (secondary N) is 1. The van der Waals surface area contributed by atoms with Crippen molar-refractivity contribution in [3.8, 4) is 6.07 Å². The van der Waals surface area contributed by atoms with Crippen LogP contribution in [-0.4, -0.2) is 15.0 Å². The van der Waals surface area contributed by atoms with Crippen molar-refractivity contribution in [2.24, 2.45) is 0 Å². The van der Waals surface area contributed by atoms with Crippen LogP contribution in [-0.2, 0) is 0 Å². The summed E-state index contributed by atoms with van der Waals surface area (Å²) in [6, 6.07) is 5.92. The van der Waals surface area contributed by atoms with Gasteiger partial charge in [0.05, 0.1) is 18.4 Å². The zero-order chi connectivity index (χ0) is 12.1. The molecule has 0 aromatic carbocycles. The van der Waals surface area contributed by atoms with Crippen LogP contribution in [0.3, 0.4) is 0 Å². The highest BCUT2D eigenvalue weighted by molar-refractivity contribution is 5.36. The normalized spacial score (nSPS) is 11.5. The molecule has 0 saturated heterocycles. The quantitative estimate of drug-likeness (QED) is 0.863. The summed E-state index contributed by atoms with van der Waals surface area (Å²) >= 11 is 0. The van der Waals surface area contributed by atoms with Crippen LogP contribution in [0.4, 0.5) is 5.82 Å². The molecule has 0 unspecified atom stereocenters. The summed E-state index contributed by atoms with van der Waals surface area (Å²) in [6.45, 7) is 2.02. The van der Waals surface area contributed by atoms with Gasteiger partial charge in [-0.3, -0.25) is 4.98 Å². The molecule has 0 radical (unpaired) electrons. The van der Waals surface area contributed by atoms with Crippen LogP contribution in [0.1, 0.15) is 24.2 Å². The van der Waals surface area contributed by atoms with E-state index in [9.17, 15) is 0 Å². The minimum atomic E-state index is 0.111. The summed E-state index contributed by atoms with van der Waals surface area (Å²) in [5.74, 6) is 0.647. The van der Waals surface area contributed by atoms with Gasteiger partial charge in [0.1, 0.15) is 11.9 Å². The lowest BCUT2D eigenvalue weighted by atomic mass is 10.1. The van der Waals surface area contributed by atoms with Crippen LogP contribution in [0.5, 0.6) is 0 Å². The molecule has 2 heterocycles. The van der Waals surface area contributed by atoms with Crippen molar-refractivity contribution in [1.82, 2.24) is 15.0 Å². The Balaban J connectivity index is 2.08. The third-order valence-corrected chi connectivity index (χ3v) is 2.34. The van der Waals surface area contributed by atoms with Gasteiger partial charge >= 0.3 is 0 Å². The zero-order valence-corrected chi connectivity index (χ0v) is 9.33. The Morgan fingerprint density at radius 1 is 1.24 bits per heavy atom. The number of pyridine rings is 1. The fraction of sp³-hybridized carbons (Fsp3) is 0.167. The van der Waals surface area contributed by atoms with Gasteiger partial charge in [0.2, 0.25) is 0 Å². The first-order valence-electron chi connectivity index (χ1n) is 5.18. The van der Waals surface area contributed by atoms with Crippen LogP contribution in [0.25, 0.3) is 0 Å². The number of rotatable bonds is 3. The molecule has 1 N–H and O–H groups in total. The van der Waals surface area contributed by atoms with E-state index >= 15 is 0 Å². The van der Waals surface area contributed by atoms with Crippen molar-refractivity contribution in [3.05, 3.63) is 48.2 Å². The molecule has 0 aliphatic rings. The van der Waals surface area contributed by atoms with Crippen molar-refractivity contribution >= 4 is 5.82 Å². The highest BCUT2D eigenvalue weighted by Crippen LogP contribution is 2.15. The SMILES string of the molecule is C[C@@H](Nc1cnc(C#N)cn1)c1ccncc1. The van der Waals surface area contributed by atoms with Gasteiger partial charge in [-0.25, -0.2) is 9.97 Å². The first-order valence-corrected chi connectivity index (χ1v) is 5.18. The molecule has 0 amide bonds. The van der Waals surface area contributed by atoms with E-state index in [1.54, 1.807) is 18.6 Å². The van der Waals surface area contributed by atoms with Crippen molar-refractivity contribution in [2.75, 3.05) is 5.32 Å². The third kappa shape index (κ3) is 2.75. The van der Waals surface area contributed by atoms with Gasteiger partial charge in [-0.2, -0.15) is 5.26 Å². The lowest BCUT2D eigenvalue weighted by molar-refractivity contribution is 0.867. The lowest BCUT2D eigenvalue weighted by Crippen LogP contribution is -2.08. The summed E-state index contributed by atoms with van der Waals surface area (Å²) in [5.41, 5.74) is 1.43. The van der Waals surface area contributed by atoms with E-state index in [1.807, 2.05) is 25.1 Å². The summed E-state index contributed by atoms with van der Waals surface area (Å²) in [4.78, 5) is 12.0. The van der Waals surface area contributed by atoms with Gasteiger partial charge < -0.3 is 5.32 Å². The van der Waals surface area contributed by atoms with Crippen LogP contribution >= 0.6 is 0 Å². The third-order valence-electron chi connectivity index (χ3n) is 2.34. The Morgan fingerprint density at radius 3 is 2.59 bits per heavy atom. The molecule has 0 bridgehead atoms. The predicted octanol–water partition coefficient (Wildman–Crippen LogP) is 1.92. The summed E-state index contributed by atoms with van der Waals surface area (Å²) in [5, 5.41) is 11.8. The topological polar surface area (TPSA) is 74.5 Å². The minimum Gasteiger partial charge on any atom is -0.362 e. The van der Waals surface area contributed by atoms with Gasteiger partial charge in [0.25, 0.3) is 0 Å². The predicted molar refractivity (Wildman–Crippen MR) is 63.0 cm³/mol. The Labute approximate surface area is 99.2 Å². The molecule has 2 aromatic heterocycles. The molecule has 0 aliphatic carbocycles. The van der Waals surface area contributed by atoms with Crippen LogP contribution in [0.15, 0.2) is 36.9 Å². The van der Waals surface area contributed by atoms with Gasteiger partial charge in [0, 0.05) is 12.4 Å². The maximum atomic E-state index is 8.61. The molecule has 17 heavy (non-hydrogen) atoms. The van der Waals surface area contributed by atoms with Crippen molar-refractivity contribution in [3.63, 3.8) is 0 Å². The maximum absolute atomic E-state index is 8.61. The van der Waals surface area contributed by atoms with Gasteiger partial charge in [-0.1, -0.05) is 0 Å². The van der Waals surface area contributed by atoms with Crippen molar-refractivity contribution in [2.45, 2.75) is 13.0 Å². The van der Waals surface area contributed by atoms with Gasteiger partial charge in [0.15, 0.2) is 5.69 Å². The molecule has 5 nitrogen and oxygen atoms in total. The van der Waals surface area contributed by atoms with Crippen molar-refractivity contribution in [1.29, 1.82) is 5.26 Å². The summed E-state index contributed by atoms with van der Waals surface area (Å²) in [7, 11) is 0. The second kappa shape index (κ2) is 5.03. The molecular weight excluding hydrogens is 214 g/mol. The Hall–Kier alpha value is -2.48. The number of anilines is 1. The van der Waals surface area contributed by atoms with Crippen LogP contribution in [0.2, 0.25) is 0 Å². The van der Waals surface area contributed by atoms with E-state index in [1.165, 1.54) is 6.20 Å². The zero-order valence-electron chi connectivity index (χ0n) is 9.33. The first kappa shape index (κ1) is 11.0. The number of aromatic nitrogens is 3. The fourth-order valence-electron chi connectivity index (χ4n) is 1.42. The summed E-state index contributed by atoms with van der Waals surface area (Å²) in [6.07, 6.45) is 6.49. The maximum Gasteiger partial charge on any atom is 0.158 e. The second-order valence-electron chi connectivity index (χ2n) is 3.55. The van der Waals surface area contributed by atoms with E-state index in [0.717, 1.165) is 5.56 Å². The highest BCUT2D eigenvalue weighted by atomic mass is 15.0. The van der Waals surface area contributed by atoms with Gasteiger partial charge in [-0.15, -0.1) is 0 Å². The molecule has 0 aliphatic heterocycles. The average molecular weight is 225 g/mol. The highest BCUT2D eigenvalue weighted by Gasteiger charge is 2.05. The van der Waals surface area contributed by atoms with E-state index in [4.69, 9.17) is 5.26 Å². The smallest absolute Gasteiger partial charge is 0.158 e. The lowest BCUT2D eigenvalue weighted by Gasteiger charge is -2.13. The van der Waals surface area contributed by atoms with E-state index in [-0.39, 0.29) is 6.04 Å². The number of hydrogen-bond acceptors (Lipinski definition) is 5. The average Bonchev–Trinajstić information content (AvgIpc) is 2.40. The molecule has 0 fully saturated rings. The van der Waals surface area contributed by atoms with Gasteiger partial charge in [-0.05, 0) is 24.6 Å². The van der Waals surface area contributed by atoms with E-state index in [0.29, 0.717) is 11.5 Å². The molecular formula is C12H11N5. The molecule has 1 atom stereocenters. The van der Waals surface area contributed by atoms with Crippen molar-refractivity contribution < 1.29 is 0 Å². The van der Waals surface area contributed by atoms with E-state index in [2.05, 4.69) is 20.3 Å². The molecule has 2 aromatic rings. The molecule has 84 valence electrons. The molecule has 0 spiro atoms. The summed E-state index contributed by atoms with van der Waals surface area (Å²) < 4.78 is 0. The van der Waals surface area contributed by atoms with Crippen LogP contribution < -0.4 is 5.32 Å². The largest absolute Gasteiger partial charge is 0.362 e. The second-order valence-corrected chi connectivity index (χ2v) is 3.55. The molecule has 5 heteroatoms. The first-order chi connectivity index (χ1) is 8.29. The molecule has 2 rings (SSSR count). The number of nitriles is 1. The number of nitrogens with zero attached hydrogens (tertiary/aromatic N) is 4. The van der Waals surface area contributed by atoms with Crippen LogP contribution in [0, 0.1) is 11.3 Å². The molecule has 0 saturated carbocycles.